The monoisotopic (exact) mass is 492 g/mol. The minimum Gasteiger partial charge on any atom is -0.341 e. The van der Waals surface area contributed by atoms with E-state index in [0.717, 1.165) is 40.4 Å². The topological polar surface area (TPSA) is 52.2 Å². The van der Waals surface area contributed by atoms with Gasteiger partial charge in [0.15, 0.2) is 0 Å². The van der Waals surface area contributed by atoms with Gasteiger partial charge in [-0.1, -0.05) is 54.4 Å². The van der Waals surface area contributed by atoms with Crippen LogP contribution in [-0.2, 0) is 6.42 Å². The lowest BCUT2D eigenvalue weighted by molar-refractivity contribution is 0.537. The van der Waals surface area contributed by atoms with Crippen molar-refractivity contribution in [2.75, 3.05) is 0 Å². The second-order valence-corrected chi connectivity index (χ2v) is 9.21. The third-order valence-electron chi connectivity index (χ3n) is 6.17. The van der Waals surface area contributed by atoms with Gasteiger partial charge in [0.05, 0.1) is 17.1 Å². The molecule has 0 saturated carbocycles. The second-order valence-electron chi connectivity index (χ2n) is 8.30. The van der Waals surface area contributed by atoms with Crippen molar-refractivity contribution < 1.29 is 0 Å². The van der Waals surface area contributed by atoms with Crippen LogP contribution in [0, 0.1) is 6.92 Å². The summed E-state index contributed by atoms with van der Waals surface area (Å²) in [6.45, 7) is 8.70. The smallest absolute Gasteiger partial charge is 0.282 e. The Bertz CT molecular complexity index is 1370. The second kappa shape index (κ2) is 9.41. The van der Waals surface area contributed by atoms with Crippen molar-refractivity contribution in [1.82, 2.24) is 14.2 Å². The van der Waals surface area contributed by atoms with Gasteiger partial charge in [0.2, 0.25) is 0 Å². The lowest BCUT2D eigenvalue weighted by Gasteiger charge is -2.15. The van der Waals surface area contributed by atoms with E-state index in [0.29, 0.717) is 29.2 Å². The maximum absolute atomic E-state index is 13.4. The van der Waals surface area contributed by atoms with E-state index >= 15 is 0 Å². The first kappa shape index (κ1) is 22.5. The number of fused-ring (bicyclic) bond motifs is 2. The predicted octanol–water partition coefficient (Wildman–Crippen LogP) is 6.62. The van der Waals surface area contributed by atoms with E-state index in [9.17, 15) is 4.79 Å². The van der Waals surface area contributed by atoms with Gasteiger partial charge in [-0.2, -0.15) is 9.78 Å². The Morgan fingerprint density at radius 2 is 1.94 bits per heavy atom. The third-order valence-corrected chi connectivity index (χ3v) is 6.66. The first-order valence-electron chi connectivity index (χ1n) is 11.3. The van der Waals surface area contributed by atoms with E-state index in [1.807, 2.05) is 30.5 Å². The molecule has 0 amide bonds. The average Bonchev–Trinajstić information content (AvgIpc) is 3.08. The van der Waals surface area contributed by atoms with Crippen LogP contribution >= 0.6 is 15.9 Å². The molecular weight excluding hydrogens is 464 g/mol. The van der Waals surface area contributed by atoms with Crippen molar-refractivity contribution in [1.29, 1.82) is 0 Å². The Hall–Kier alpha value is -2.73. The van der Waals surface area contributed by atoms with Gasteiger partial charge in [0.1, 0.15) is 5.82 Å². The summed E-state index contributed by atoms with van der Waals surface area (Å²) in [6, 6.07) is 14.4. The summed E-state index contributed by atoms with van der Waals surface area (Å²) in [6.07, 6.45) is 5.57. The maximum atomic E-state index is 13.4. The van der Waals surface area contributed by atoms with E-state index in [1.165, 1.54) is 10.2 Å². The van der Waals surface area contributed by atoms with Crippen LogP contribution in [0.1, 0.15) is 63.2 Å². The summed E-state index contributed by atoms with van der Waals surface area (Å²) >= 11 is 3.47. The van der Waals surface area contributed by atoms with Crippen LogP contribution in [-0.4, -0.2) is 20.4 Å². The van der Waals surface area contributed by atoms with Gasteiger partial charge in [-0.15, -0.1) is 0 Å². The number of aromatic nitrogens is 3. The minimum absolute atomic E-state index is 0.137. The molecule has 0 radical (unpaired) electrons. The molecule has 1 atom stereocenters. The molecule has 0 aliphatic heterocycles. The number of rotatable bonds is 7. The normalized spacial score (nSPS) is 12.9. The zero-order chi connectivity index (χ0) is 22.8. The standard InChI is InChI=1S/C26H29BrN4O/c1-5-7-12-25-29-23-14-13-19(27)15-21(23)26(32)31(25)28-16-22-18(4)30(17(3)6-2)24-11-9-8-10-20(22)24/h8-11,13-17H,5-7,12H2,1-4H3/t17-/m0/s1. The Morgan fingerprint density at radius 1 is 1.16 bits per heavy atom. The lowest BCUT2D eigenvalue weighted by atomic mass is 10.1. The van der Waals surface area contributed by atoms with Crippen LogP contribution in [0.5, 0.6) is 0 Å². The molecule has 32 heavy (non-hydrogen) atoms. The van der Waals surface area contributed by atoms with Crippen LogP contribution < -0.4 is 5.56 Å². The summed E-state index contributed by atoms with van der Waals surface area (Å²) in [4.78, 5) is 18.2. The number of hydrogen-bond donors (Lipinski definition) is 0. The fraction of sp³-hybridized carbons (Fsp3) is 0.346. The van der Waals surface area contributed by atoms with E-state index in [1.54, 1.807) is 0 Å². The highest BCUT2D eigenvalue weighted by Crippen LogP contribution is 2.29. The molecule has 166 valence electrons. The van der Waals surface area contributed by atoms with Crippen LogP contribution in [0.3, 0.4) is 0 Å². The number of hydrogen-bond acceptors (Lipinski definition) is 3. The van der Waals surface area contributed by atoms with Crippen LogP contribution in [0.4, 0.5) is 0 Å². The summed E-state index contributed by atoms with van der Waals surface area (Å²) in [5.74, 6) is 0.700. The fourth-order valence-corrected chi connectivity index (χ4v) is 4.62. The number of halogens is 1. The van der Waals surface area contributed by atoms with E-state index in [4.69, 9.17) is 10.1 Å². The summed E-state index contributed by atoms with van der Waals surface area (Å²) in [5, 5.41) is 6.42. The van der Waals surface area contributed by atoms with Crippen molar-refractivity contribution in [3.8, 4) is 0 Å². The van der Waals surface area contributed by atoms with Gasteiger partial charge < -0.3 is 4.57 Å². The van der Waals surface area contributed by atoms with Crippen molar-refractivity contribution in [2.45, 2.75) is 59.4 Å². The molecule has 2 aromatic carbocycles. The van der Waals surface area contributed by atoms with Gasteiger partial charge in [0.25, 0.3) is 5.56 Å². The average molecular weight is 493 g/mol. The molecule has 6 heteroatoms. The first-order chi connectivity index (χ1) is 15.5. The number of nitrogens with zero attached hydrogens (tertiary/aromatic N) is 4. The molecule has 0 saturated heterocycles. The molecule has 5 nitrogen and oxygen atoms in total. The predicted molar refractivity (Wildman–Crippen MR) is 137 cm³/mol. The molecule has 0 spiro atoms. The highest BCUT2D eigenvalue weighted by Gasteiger charge is 2.16. The Morgan fingerprint density at radius 3 is 2.69 bits per heavy atom. The van der Waals surface area contributed by atoms with Crippen LogP contribution in [0.2, 0.25) is 0 Å². The summed E-state index contributed by atoms with van der Waals surface area (Å²) in [7, 11) is 0. The maximum Gasteiger partial charge on any atom is 0.282 e. The molecule has 0 aliphatic rings. The molecule has 2 heterocycles. The SMILES string of the molecule is CCCCc1nc2ccc(Br)cc2c(=O)n1N=Cc1c(C)n([C@@H](C)CC)c2ccccc12. The molecule has 0 aliphatic carbocycles. The number of aryl methyl sites for hydroxylation is 1. The highest BCUT2D eigenvalue weighted by molar-refractivity contribution is 9.10. The third kappa shape index (κ3) is 4.04. The lowest BCUT2D eigenvalue weighted by Crippen LogP contribution is -2.22. The zero-order valence-electron chi connectivity index (χ0n) is 19.1. The molecule has 4 aromatic rings. The van der Waals surface area contributed by atoms with Gasteiger partial charge >= 0.3 is 0 Å². The molecule has 2 aromatic heterocycles. The van der Waals surface area contributed by atoms with Gasteiger partial charge in [0, 0.05) is 39.1 Å². The van der Waals surface area contributed by atoms with Crippen molar-refractivity contribution in [3.63, 3.8) is 0 Å². The van der Waals surface area contributed by atoms with Gasteiger partial charge in [-0.3, -0.25) is 4.79 Å². The van der Waals surface area contributed by atoms with Crippen LogP contribution in [0.15, 0.2) is 56.8 Å². The van der Waals surface area contributed by atoms with E-state index < -0.39 is 0 Å². The Kier molecular flexibility index (Phi) is 6.60. The minimum atomic E-state index is -0.137. The number of benzene rings is 2. The van der Waals surface area contributed by atoms with Crippen molar-refractivity contribution >= 4 is 44.0 Å². The Balaban J connectivity index is 1.91. The van der Waals surface area contributed by atoms with E-state index in [-0.39, 0.29) is 5.56 Å². The van der Waals surface area contributed by atoms with Gasteiger partial charge in [-0.25, -0.2) is 4.98 Å². The van der Waals surface area contributed by atoms with Crippen LogP contribution in [0.25, 0.3) is 21.8 Å². The quantitative estimate of drug-likeness (QED) is 0.272. The summed E-state index contributed by atoms with van der Waals surface area (Å²) in [5.41, 5.74) is 3.97. The molecule has 0 bridgehead atoms. The Labute approximate surface area is 196 Å². The zero-order valence-corrected chi connectivity index (χ0v) is 20.7. The van der Waals surface area contributed by atoms with Crippen molar-refractivity contribution in [3.05, 3.63) is 74.4 Å². The molecule has 0 fully saturated rings. The highest BCUT2D eigenvalue weighted by atomic mass is 79.9. The van der Waals surface area contributed by atoms with Gasteiger partial charge in [-0.05, 0) is 51.0 Å². The molecule has 0 unspecified atom stereocenters. The number of para-hydroxylation sites is 1. The summed E-state index contributed by atoms with van der Waals surface area (Å²) < 4.78 is 4.71. The van der Waals surface area contributed by atoms with E-state index in [2.05, 4.69) is 66.4 Å². The number of unbranched alkanes of at least 4 members (excludes halogenated alkanes) is 1. The van der Waals surface area contributed by atoms with Crippen molar-refractivity contribution in [2.24, 2.45) is 5.10 Å². The molecular formula is C26H29BrN4O. The first-order valence-corrected chi connectivity index (χ1v) is 12.1. The molecule has 4 rings (SSSR count). The molecule has 0 N–H and O–H groups in total. The largest absolute Gasteiger partial charge is 0.341 e. The fourth-order valence-electron chi connectivity index (χ4n) is 4.26.